The fourth-order valence-corrected chi connectivity index (χ4v) is 2.64. The lowest BCUT2D eigenvalue weighted by Gasteiger charge is -2.23. The van der Waals surface area contributed by atoms with Gasteiger partial charge in [0.2, 0.25) is 0 Å². The zero-order valence-electron chi connectivity index (χ0n) is 8.90. The van der Waals surface area contributed by atoms with Crippen LogP contribution in [0, 0.1) is 5.82 Å². The maximum absolute atomic E-state index is 13.2. The first-order valence-corrected chi connectivity index (χ1v) is 6.29. The molecule has 4 heteroatoms. The van der Waals surface area contributed by atoms with Gasteiger partial charge in [0.25, 0.3) is 0 Å². The van der Waals surface area contributed by atoms with Crippen molar-refractivity contribution in [3.8, 4) is 0 Å². The van der Waals surface area contributed by atoms with Gasteiger partial charge in [0.15, 0.2) is 5.82 Å². The van der Waals surface area contributed by atoms with Crippen molar-refractivity contribution < 1.29 is 4.39 Å². The highest BCUT2D eigenvalue weighted by Gasteiger charge is 2.15. The van der Waals surface area contributed by atoms with Crippen molar-refractivity contribution in [3.63, 3.8) is 0 Å². The fraction of sp³-hybridized carbons (Fsp3) is 0.500. The quantitative estimate of drug-likeness (QED) is 0.799. The monoisotopic (exact) mass is 261 g/mol. The average molecular weight is 262 g/mol. The third-order valence-electron chi connectivity index (χ3n) is 2.94. The first-order chi connectivity index (χ1) is 7.66. The zero-order chi connectivity index (χ0) is 11.5. The molecule has 1 saturated heterocycles. The second-order valence-electron chi connectivity index (χ2n) is 4.22. The van der Waals surface area contributed by atoms with E-state index in [0.717, 1.165) is 24.9 Å². The Morgan fingerprint density at radius 3 is 2.50 bits per heavy atom. The number of rotatable bonds is 2. The Bertz CT molecular complexity index is 352. The van der Waals surface area contributed by atoms with Crippen molar-refractivity contribution in [3.05, 3.63) is 33.6 Å². The molecule has 0 radical (unpaired) electrons. The first kappa shape index (κ1) is 12.2. The highest BCUT2D eigenvalue weighted by molar-refractivity contribution is 6.34. The predicted molar refractivity (Wildman–Crippen MR) is 65.8 cm³/mol. The number of nitrogens with one attached hydrogen (secondary N) is 1. The summed E-state index contributed by atoms with van der Waals surface area (Å²) >= 11 is 11.5. The van der Waals surface area contributed by atoms with E-state index in [1.54, 1.807) is 12.1 Å². The lowest BCUT2D eigenvalue weighted by atomic mass is 9.98. The fourth-order valence-electron chi connectivity index (χ4n) is 2.11. The third kappa shape index (κ3) is 2.88. The molecule has 1 aliphatic rings. The van der Waals surface area contributed by atoms with Crippen molar-refractivity contribution in [1.29, 1.82) is 0 Å². The molecule has 1 fully saturated rings. The van der Waals surface area contributed by atoms with Gasteiger partial charge in [-0.1, -0.05) is 29.6 Å². The molecule has 1 heterocycles. The molecule has 0 bridgehead atoms. The minimum absolute atomic E-state index is 0.110. The number of hydrogen-bond donors (Lipinski definition) is 1. The molecule has 1 nitrogen and oxygen atoms in total. The predicted octanol–water partition coefficient (Wildman–Crippen LogP) is 3.82. The lowest BCUT2D eigenvalue weighted by Crippen LogP contribution is -2.35. The summed E-state index contributed by atoms with van der Waals surface area (Å²) in [4.78, 5) is 0. The average Bonchev–Trinajstić information content (AvgIpc) is 2.27. The summed E-state index contributed by atoms with van der Waals surface area (Å²) in [7, 11) is 0. The molecule has 0 saturated carbocycles. The van der Waals surface area contributed by atoms with E-state index < -0.39 is 5.82 Å². The molecular formula is C12H14Cl2FN. The van der Waals surface area contributed by atoms with Crippen LogP contribution in [-0.4, -0.2) is 12.6 Å². The van der Waals surface area contributed by atoms with Crippen LogP contribution in [0.5, 0.6) is 0 Å². The Labute approximate surface area is 105 Å². The third-order valence-corrected chi connectivity index (χ3v) is 3.49. The van der Waals surface area contributed by atoms with Gasteiger partial charge in [-0.25, -0.2) is 4.39 Å². The van der Waals surface area contributed by atoms with Crippen molar-refractivity contribution in [2.75, 3.05) is 6.54 Å². The van der Waals surface area contributed by atoms with Gasteiger partial charge in [0, 0.05) is 6.04 Å². The number of piperidine rings is 1. The Balaban J connectivity index is 2.09. The van der Waals surface area contributed by atoms with Gasteiger partial charge in [0.05, 0.1) is 10.0 Å². The molecule has 16 heavy (non-hydrogen) atoms. The molecule has 88 valence electrons. The van der Waals surface area contributed by atoms with Crippen molar-refractivity contribution >= 4 is 23.2 Å². The van der Waals surface area contributed by atoms with Crippen molar-refractivity contribution in [1.82, 2.24) is 5.32 Å². The summed E-state index contributed by atoms with van der Waals surface area (Å²) in [6.45, 7) is 1.06. The summed E-state index contributed by atoms with van der Waals surface area (Å²) in [5.74, 6) is -0.524. The van der Waals surface area contributed by atoms with Gasteiger partial charge < -0.3 is 5.32 Å². The summed E-state index contributed by atoms with van der Waals surface area (Å²) in [6, 6.07) is 3.80. The van der Waals surface area contributed by atoms with Crippen LogP contribution in [0.4, 0.5) is 4.39 Å². The summed E-state index contributed by atoms with van der Waals surface area (Å²) < 4.78 is 13.2. The first-order valence-electron chi connectivity index (χ1n) is 5.53. The van der Waals surface area contributed by atoms with E-state index in [-0.39, 0.29) is 10.0 Å². The molecule has 1 aliphatic heterocycles. The van der Waals surface area contributed by atoms with Gasteiger partial charge >= 0.3 is 0 Å². The molecule has 1 atom stereocenters. The van der Waals surface area contributed by atoms with Gasteiger partial charge in [0.1, 0.15) is 0 Å². The van der Waals surface area contributed by atoms with E-state index in [4.69, 9.17) is 23.2 Å². The van der Waals surface area contributed by atoms with Gasteiger partial charge in [-0.2, -0.15) is 0 Å². The maximum Gasteiger partial charge on any atom is 0.160 e. The Morgan fingerprint density at radius 1 is 1.25 bits per heavy atom. The van der Waals surface area contributed by atoms with E-state index in [9.17, 15) is 4.39 Å². The number of halogens is 3. The topological polar surface area (TPSA) is 12.0 Å². The van der Waals surface area contributed by atoms with Crippen LogP contribution < -0.4 is 5.32 Å². The van der Waals surface area contributed by atoms with E-state index in [0.29, 0.717) is 6.04 Å². The van der Waals surface area contributed by atoms with Gasteiger partial charge in [-0.15, -0.1) is 0 Å². The molecule has 1 aromatic rings. The molecule has 1 unspecified atom stereocenters. The van der Waals surface area contributed by atoms with E-state index in [2.05, 4.69) is 5.32 Å². The van der Waals surface area contributed by atoms with Crippen molar-refractivity contribution in [2.45, 2.75) is 31.7 Å². The Kier molecular flexibility index (Phi) is 4.06. The second-order valence-corrected chi connectivity index (χ2v) is 5.04. The minimum Gasteiger partial charge on any atom is -0.314 e. The van der Waals surface area contributed by atoms with E-state index >= 15 is 0 Å². The van der Waals surface area contributed by atoms with E-state index in [1.807, 2.05) is 0 Å². The molecule has 0 amide bonds. The Hall–Kier alpha value is -0.310. The summed E-state index contributed by atoms with van der Waals surface area (Å²) in [5.41, 5.74) is 0.996. The van der Waals surface area contributed by atoms with Crippen LogP contribution in [-0.2, 0) is 6.42 Å². The Morgan fingerprint density at radius 2 is 1.94 bits per heavy atom. The highest BCUT2D eigenvalue weighted by atomic mass is 35.5. The summed E-state index contributed by atoms with van der Waals surface area (Å²) in [6.07, 6.45) is 4.51. The summed E-state index contributed by atoms with van der Waals surface area (Å²) in [5, 5.41) is 3.66. The van der Waals surface area contributed by atoms with Gasteiger partial charge in [-0.3, -0.25) is 0 Å². The van der Waals surface area contributed by atoms with Gasteiger partial charge in [-0.05, 0) is 43.5 Å². The number of hydrogen-bond acceptors (Lipinski definition) is 1. The second kappa shape index (κ2) is 5.35. The lowest BCUT2D eigenvalue weighted by molar-refractivity contribution is 0.399. The maximum atomic E-state index is 13.2. The molecule has 1 N–H and O–H groups in total. The minimum atomic E-state index is -0.524. The molecular weight excluding hydrogens is 248 g/mol. The SMILES string of the molecule is Fc1c(Cl)cc(CC2CCCCN2)cc1Cl. The highest BCUT2D eigenvalue weighted by Crippen LogP contribution is 2.26. The van der Waals surface area contributed by atoms with Crippen LogP contribution in [0.25, 0.3) is 0 Å². The molecule has 1 aromatic carbocycles. The normalized spacial score (nSPS) is 21.1. The molecule has 0 aromatic heterocycles. The van der Waals surface area contributed by atoms with Crippen LogP contribution >= 0.6 is 23.2 Å². The van der Waals surface area contributed by atoms with E-state index in [1.165, 1.54) is 12.8 Å². The van der Waals surface area contributed by atoms with Crippen molar-refractivity contribution in [2.24, 2.45) is 0 Å². The van der Waals surface area contributed by atoms with Crippen LogP contribution in [0.2, 0.25) is 10.0 Å². The standard InChI is InChI=1S/C12H14Cl2FN/c13-10-6-8(7-11(14)12(10)15)5-9-3-1-2-4-16-9/h6-7,9,16H,1-5H2. The van der Waals surface area contributed by atoms with Crippen LogP contribution in [0.3, 0.4) is 0 Å². The van der Waals surface area contributed by atoms with Crippen LogP contribution in [0.15, 0.2) is 12.1 Å². The zero-order valence-corrected chi connectivity index (χ0v) is 10.4. The van der Waals surface area contributed by atoms with Crippen LogP contribution in [0.1, 0.15) is 24.8 Å². The smallest absolute Gasteiger partial charge is 0.160 e. The molecule has 2 rings (SSSR count). The molecule has 0 aliphatic carbocycles. The number of benzene rings is 1. The molecule has 0 spiro atoms. The largest absolute Gasteiger partial charge is 0.314 e.